The predicted molar refractivity (Wildman–Crippen MR) is 282 cm³/mol. The summed E-state index contributed by atoms with van der Waals surface area (Å²) in [5.74, 6) is -11.9. The minimum Gasteiger partial charge on any atom is -0.508 e. The van der Waals surface area contributed by atoms with Crippen molar-refractivity contribution in [3.05, 3.63) is 29.8 Å². The molecular formula is C45H85N11O24. The Labute approximate surface area is 459 Å². The monoisotopic (exact) mass is 1160 g/mol. The third-order valence-electron chi connectivity index (χ3n) is 8.74. The highest BCUT2D eigenvalue weighted by atomic mass is 16.4. The number of phenols is 1. The summed E-state index contributed by atoms with van der Waals surface area (Å²) in [6.07, 6.45) is 3.40. The highest BCUT2D eigenvalue weighted by molar-refractivity contribution is 5.83. The van der Waals surface area contributed by atoms with E-state index < -0.39 is 127 Å². The van der Waals surface area contributed by atoms with E-state index in [-0.39, 0.29) is 37.1 Å². The number of primary amides is 1. The van der Waals surface area contributed by atoms with E-state index >= 15 is 0 Å². The van der Waals surface area contributed by atoms with Crippen molar-refractivity contribution in [2.45, 2.75) is 140 Å². The predicted octanol–water partition coefficient (Wildman–Crippen LogP) is -4.76. The summed E-state index contributed by atoms with van der Waals surface area (Å²) < 4.78 is 0. The van der Waals surface area contributed by atoms with E-state index in [0.29, 0.717) is 25.3 Å². The third-order valence-corrected chi connectivity index (χ3v) is 8.74. The average Bonchev–Trinajstić information content (AvgIpc) is 3.89. The lowest BCUT2D eigenvalue weighted by atomic mass is 10.1. The van der Waals surface area contributed by atoms with Gasteiger partial charge in [0.05, 0.1) is 25.8 Å². The van der Waals surface area contributed by atoms with E-state index in [1.54, 1.807) is 26.0 Å². The summed E-state index contributed by atoms with van der Waals surface area (Å²) in [7, 11) is 0. The van der Waals surface area contributed by atoms with Gasteiger partial charge in [-0.25, -0.2) is 0 Å². The molecule has 33 N–H and O–H groups in total. The van der Waals surface area contributed by atoms with Crippen molar-refractivity contribution in [3.8, 4) is 5.75 Å². The standard InChI is InChI=1S/C9H11NO3.C6H14N2O2.C6H13NO2.C5H9NO2.C5H11NO2.C4H8N2O3.2C4H7NO4.C2H5NO2/c10-8(9(12)13)5-6-1-3-7(11)4-2-6;7-4-2-1-3-5(8)6(9)10;1-4(2)3-5(7)6(8)9;7-5(8)4-2-1-3-6-4;1-3(2)4(6)5(7)8;3*5-2(4(8)9)1-3(6)7;3-1-2(4)5/h1-4,8,11H,5,10H2,(H,12,13);5H,1-4,7-8H2,(H,9,10);4-5H,3,7H2,1-2H3,(H,8,9);4,6H,1-3H2,(H,7,8);3-4H,6H2,1-2H3,(H,7,8);2H,1,5H2,(H2,6,7)(H,8,9);2*2H,1,5H2,(H,6,7)(H,8,9);1,3H2,(H,4,5)/t;;;4-;;;;;/m...0...../s1. The van der Waals surface area contributed by atoms with Crippen molar-refractivity contribution in [2.24, 2.45) is 69.2 Å². The Bertz CT molecular complexity index is 1890. The molecule has 7 unspecified atom stereocenters. The molecule has 35 heteroatoms. The van der Waals surface area contributed by atoms with Gasteiger partial charge in [-0.15, -0.1) is 0 Å². The van der Waals surface area contributed by atoms with Gasteiger partial charge in [-0.3, -0.25) is 57.5 Å². The molecule has 0 bridgehead atoms. The number of benzene rings is 1. The summed E-state index contributed by atoms with van der Waals surface area (Å²) in [4.78, 5) is 119. The van der Waals surface area contributed by atoms with E-state index in [1.807, 2.05) is 13.8 Å². The van der Waals surface area contributed by atoms with Gasteiger partial charge in [0, 0.05) is 0 Å². The van der Waals surface area contributed by atoms with Crippen molar-refractivity contribution in [1.29, 1.82) is 0 Å². The number of amides is 1. The normalized spacial score (nSPS) is 14.1. The van der Waals surface area contributed by atoms with Crippen LogP contribution in [0, 0.1) is 11.8 Å². The summed E-state index contributed by atoms with van der Waals surface area (Å²) in [5, 5.41) is 101. The number of aromatic hydroxyl groups is 1. The maximum absolute atomic E-state index is 10.4. The summed E-state index contributed by atoms with van der Waals surface area (Å²) in [6, 6.07) is -0.706. The van der Waals surface area contributed by atoms with E-state index in [1.165, 1.54) is 12.1 Å². The summed E-state index contributed by atoms with van der Waals surface area (Å²) >= 11 is 0. The zero-order valence-corrected chi connectivity index (χ0v) is 44.8. The molecule has 1 fully saturated rings. The van der Waals surface area contributed by atoms with Crippen LogP contribution in [0.15, 0.2) is 24.3 Å². The smallest absolute Gasteiger partial charge is 0.321 e. The Morgan fingerprint density at radius 3 is 1.09 bits per heavy atom. The number of carboxylic acid groups (broad SMARTS) is 11. The van der Waals surface area contributed by atoms with Gasteiger partial charge in [0.15, 0.2) is 0 Å². The molecular weight excluding hydrogens is 1080 g/mol. The molecule has 8 atom stereocenters. The highest BCUT2D eigenvalue weighted by Crippen LogP contribution is 2.11. The summed E-state index contributed by atoms with van der Waals surface area (Å²) in [5.41, 5.74) is 50.7. The van der Waals surface area contributed by atoms with Crippen molar-refractivity contribution in [3.63, 3.8) is 0 Å². The zero-order valence-electron chi connectivity index (χ0n) is 44.8. The first-order valence-corrected chi connectivity index (χ1v) is 23.5. The first-order valence-electron chi connectivity index (χ1n) is 23.5. The van der Waals surface area contributed by atoms with Gasteiger partial charge in [0.1, 0.15) is 54.1 Å². The Morgan fingerprint density at radius 1 is 0.525 bits per heavy atom. The number of rotatable bonds is 24. The topological polar surface area (TPSA) is 720 Å². The van der Waals surface area contributed by atoms with Crippen LogP contribution in [-0.2, 0) is 64.0 Å². The fraction of sp³-hybridized carbons (Fsp3) is 0.600. The minimum atomic E-state index is -1.29. The van der Waals surface area contributed by atoms with E-state index in [0.717, 1.165) is 37.8 Å². The molecule has 464 valence electrons. The second kappa shape index (κ2) is 52.0. The second-order valence-electron chi connectivity index (χ2n) is 17.0. The number of carbonyl (C=O) groups is 12. The number of carboxylic acids is 11. The molecule has 1 aliphatic heterocycles. The summed E-state index contributed by atoms with van der Waals surface area (Å²) in [6.45, 7) is 8.63. The van der Waals surface area contributed by atoms with Crippen LogP contribution in [-0.4, -0.2) is 201 Å². The average molecular weight is 1160 g/mol. The SMILES string of the molecule is CC(C)C(N)C(=O)O.CC(C)CC(N)C(=O)O.NC(=O)CC(N)C(=O)O.NC(CC(=O)O)C(=O)O.NC(CC(=O)O)C(=O)O.NC(Cc1ccc(O)cc1)C(=O)O.NCC(=O)O.NCCCCC(N)C(=O)O.O=C(O)[C@@H]1CCCN1. The van der Waals surface area contributed by atoms with E-state index in [2.05, 4.69) is 16.8 Å². The fourth-order valence-electron chi connectivity index (χ4n) is 4.25. The van der Waals surface area contributed by atoms with Gasteiger partial charge in [0.25, 0.3) is 0 Å². The van der Waals surface area contributed by atoms with Crippen LogP contribution >= 0.6 is 0 Å². The van der Waals surface area contributed by atoms with Gasteiger partial charge < -0.3 is 124 Å². The van der Waals surface area contributed by atoms with Gasteiger partial charge in [-0.2, -0.15) is 0 Å². The lowest BCUT2D eigenvalue weighted by molar-refractivity contribution is -0.144. The van der Waals surface area contributed by atoms with Crippen molar-refractivity contribution in [1.82, 2.24) is 5.32 Å². The lowest BCUT2D eigenvalue weighted by Crippen LogP contribution is -2.34. The molecule has 0 aliphatic carbocycles. The molecule has 35 nitrogen and oxygen atoms in total. The Morgan fingerprint density at radius 2 is 0.900 bits per heavy atom. The van der Waals surface area contributed by atoms with Crippen LogP contribution in [0.3, 0.4) is 0 Å². The molecule has 0 aromatic heterocycles. The van der Waals surface area contributed by atoms with Crippen LogP contribution in [0.4, 0.5) is 0 Å². The lowest BCUT2D eigenvalue weighted by Gasteiger charge is -2.07. The molecule has 0 radical (unpaired) electrons. The Kier molecular flexibility index (Phi) is 56.0. The van der Waals surface area contributed by atoms with Crippen LogP contribution in [0.5, 0.6) is 5.75 Å². The maximum atomic E-state index is 10.4. The molecule has 80 heavy (non-hydrogen) atoms. The van der Waals surface area contributed by atoms with Crippen molar-refractivity contribution < 1.29 is 119 Å². The molecule has 1 aromatic rings. The van der Waals surface area contributed by atoms with Crippen LogP contribution in [0.25, 0.3) is 0 Å². The molecule has 1 aliphatic rings. The second-order valence-corrected chi connectivity index (χ2v) is 17.0. The maximum Gasteiger partial charge on any atom is 0.321 e. The minimum absolute atomic E-state index is 0.0208. The van der Waals surface area contributed by atoms with Crippen molar-refractivity contribution >= 4 is 71.6 Å². The number of phenolic OH excluding ortho intramolecular Hbond substituents is 1. The van der Waals surface area contributed by atoms with Gasteiger partial charge >= 0.3 is 65.7 Å². The highest BCUT2D eigenvalue weighted by Gasteiger charge is 2.21. The molecule has 2 rings (SSSR count). The molecule has 1 heterocycles. The zero-order chi connectivity index (χ0) is 64.6. The first kappa shape index (κ1) is 86.2. The van der Waals surface area contributed by atoms with Crippen LogP contribution in [0.1, 0.15) is 91.0 Å². The fourth-order valence-corrected chi connectivity index (χ4v) is 4.25. The number of nitrogens with two attached hydrogens (primary N) is 10. The van der Waals surface area contributed by atoms with Crippen LogP contribution < -0.4 is 62.7 Å². The van der Waals surface area contributed by atoms with E-state index in [4.69, 9.17) is 107 Å². The Balaban J connectivity index is -0.000000151. The number of unbranched alkanes of at least 4 members (excludes halogenated alkanes) is 1. The van der Waals surface area contributed by atoms with Gasteiger partial charge in [0.2, 0.25) is 5.91 Å². The van der Waals surface area contributed by atoms with Gasteiger partial charge in [-0.05, 0) is 81.1 Å². The Hall–Kier alpha value is -7.74. The first-order chi connectivity index (χ1) is 36.5. The number of aliphatic carboxylic acids is 11. The third kappa shape index (κ3) is 64.5. The molecule has 1 aromatic carbocycles. The largest absolute Gasteiger partial charge is 0.508 e. The number of carbonyl (C=O) groups excluding carboxylic acids is 1. The molecule has 0 spiro atoms. The molecule has 1 amide bonds. The number of nitrogens with one attached hydrogen (secondary N) is 1. The van der Waals surface area contributed by atoms with E-state index in [9.17, 15) is 57.5 Å². The number of hydrogen-bond donors (Lipinski definition) is 23. The van der Waals surface area contributed by atoms with Crippen molar-refractivity contribution in [2.75, 3.05) is 19.6 Å². The molecule has 1 saturated heterocycles. The van der Waals surface area contributed by atoms with Gasteiger partial charge in [-0.1, -0.05) is 46.2 Å². The van der Waals surface area contributed by atoms with Crippen LogP contribution in [0.2, 0.25) is 0 Å². The quantitative estimate of drug-likeness (QED) is 0.0432. The number of hydrogen-bond acceptors (Lipinski definition) is 23. The molecule has 0 saturated carbocycles.